The highest BCUT2D eigenvalue weighted by Gasteiger charge is 2.59. The molecule has 2 heterocycles. The fourth-order valence-electron chi connectivity index (χ4n) is 3.94. The molecule has 1 unspecified atom stereocenters. The van der Waals surface area contributed by atoms with Gasteiger partial charge in [-0.15, -0.1) is 0 Å². The molecule has 1 amide bonds. The highest BCUT2D eigenvalue weighted by Crippen LogP contribution is 2.43. The summed E-state index contributed by atoms with van der Waals surface area (Å²) in [5, 5.41) is 17.4. The molecule has 2 aromatic heterocycles. The van der Waals surface area contributed by atoms with Crippen LogP contribution in [0.5, 0.6) is 11.5 Å². The number of rotatable bonds is 6. The summed E-state index contributed by atoms with van der Waals surface area (Å²) in [4.78, 5) is 19.0. The van der Waals surface area contributed by atoms with E-state index in [1.54, 1.807) is 42.6 Å². The molecular formula is C25H18F3N5O3. The zero-order chi connectivity index (χ0) is 25.5. The molecule has 0 fully saturated rings. The summed E-state index contributed by atoms with van der Waals surface area (Å²) in [6, 6.07) is 17.9. The summed E-state index contributed by atoms with van der Waals surface area (Å²) in [5.41, 5.74) is 2.96. The van der Waals surface area contributed by atoms with Crippen molar-refractivity contribution in [3.05, 3.63) is 95.9 Å². The second kappa shape index (κ2) is 8.54. The number of nitrogens with zero attached hydrogens (tertiary/aromatic N) is 2. The number of H-pyrrole nitrogens is 2. The zero-order valence-corrected chi connectivity index (χ0v) is 18.4. The Labute approximate surface area is 201 Å². The molecule has 0 aliphatic rings. The standard InChI is InChI=1S/C25H18F3N5O3/c26-25(27,28)24(35,15-6-2-1-3-7-15)23-31-22(32-33-23)14-5-4-8-16(13-14)36-19-10-9-18-17(11-12-30-18)20(19)21(29)34/h1-13,30,35H,(H2,29,34)(H,31,32,33). The van der Waals surface area contributed by atoms with Crippen LogP contribution in [0, 0.1) is 0 Å². The molecule has 1 atom stereocenters. The van der Waals surface area contributed by atoms with Gasteiger partial charge in [0.15, 0.2) is 11.6 Å². The van der Waals surface area contributed by atoms with Crippen molar-refractivity contribution in [2.24, 2.45) is 5.73 Å². The fourth-order valence-corrected chi connectivity index (χ4v) is 3.94. The Morgan fingerprint density at radius 2 is 1.78 bits per heavy atom. The van der Waals surface area contributed by atoms with Gasteiger partial charge in [0.05, 0.1) is 5.56 Å². The van der Waals surface area contributed by atoms with Crippen LogP contribution in [0.25, 0.3) is 22.3 Å². The lowest BCUT2D eigenvalue weighted by atomic mass is 9.92. The number of primary amides is 1. The van der Waals surface area contributed by atoms with E-state index in [9.17, 15) is 23.1 Å². The molecule has 5 aromatic rings. The molecule has 182 valence electrons. The number of hydrogen-bond acceptors (Lipinski definition) is 5. The Bertz CT molecular complexity index is 1560. The number of carbonyl (C=O) groups excluding carboxylic acids is 1. The van der Waals surface area contributed by atoms with E-state index >= 15 is 0 Å². The van der Waals surface area contributed by atoms with Gasteiger partial charge in [-0.05, 0) is 30.3 Å². The Kier molecular flexibility index (Phi) is 5.48. The number of carbonyl (C=O) groups is 1. The average Bonchev–Trinajstić information content (AvgIpc) is 3.53. The predicted molar refractivity (Wildman–Crippen MR) is 124 cm³/mol. The first kappa shape index (κ1) is 23.1. The average molecular weight is 493 g/mol. The van der Waals surface area contributed by atoms with E-state index in [0.717, 1.165) is 12.1 Å². The number of aliphatic hydroxyl groups is 1. The monoisotopic (exact) mass is 493 g/mol. The van der Waals surface area contributed by atoms with Crippen molar-refractivity contribution in [2.75, 3.05) is 0 Å². The van der Waals surface area contributed by atoms with Gasteiger partial charge in [0, 0.05) is 28.2 Å². The Morgan fingerprint density at radius 3 is 2.50 bits per heavy atom. The van der Waals surface area contributed by atoms with Crippen LogP contribution in [0.3, 0.4) is 0 Å². The molecule has 11 heteroatoms. The maximum absolute atomic E-state index is 14.0. The number of hydrogen-bond donors (Lipinski definition) is 4. The number of nitrogens with one attached hydrogen (secondary N) is 2. The maximum atomic E-state index is 14.0. The van der Waals surface area contributed by atoms with Crippen molar-refractivity contribution < 1.29 is 27.8 Å². The third kappa shape index (κ3) is 3.85. The van der Waals surface area contributed by atoms with Crippen LogP contribution in [0.15, 0.2) is 79.0 Å². The van der Waals surface area contributed by atoms with Gasteiger partial charge in [-0.2, -0.15) is 18.3 Å². The van der Waals surface area contributed by atoms with E-state index in [1.165, 1.54) is 24.3 Å². The summed E-state index contributed by atoms with van der Waals surface area (Å²) < 4.78 is 47.8. The number of fused-ring (bicyclic) bond motifs is 1. The Morgan fingerprint density at radius 1 is 1.00 bits per heavy atom. The fraction of sp³-hybridized carbons (Fsp3) is 0.0800. The number of alkyl halides is 3. The minimum Gasteiger partial charge on any atom is -0.456 e. The minimum atomic E-state index is -5.08. The SMILES string of the molecule is NC(=O)c1c(Oc2cccc(-c3nc(C(O)(c4ccccc4)C(F)(F)F)n[nH]3)c2)ccc2[nH]ccc12. The van der Waals surface area contributed by atoms with Crippen LogP contribution >= 0.6 is 0 Å². The van der Waals surface area contributed by atoms with E-state index in [1.807, 2.05) is 0 Å². The van der Waals surface area contributed by atoms with Crippen molar-refractivity contribution in [1.29, 1.82) is 0 Å². The van der Waals surface area contributed by atoms with Crippen molar-refractivity contribution in [3.8, 4) is 22.9 Å². The van der Waals surface area contributed by atoms with Gasteiger partial charge in [0.2, 0.25) is 5.60 Å². The summed E-state index contributed by atoms with van der Waals surface area (Å²) in [7, 11) is 0. The topological polar surface area (TPSA) is 130 Å². The molecule has 0 saturated carbocycles. The van der Waals surface area contributed by atoms with Crippen LogP contribution in [0.4, 0.5) is 13.2 Å². The third-order valence-electron chi connectivity index (χ3n) is 5.69. The first-order chi connectivity index (χ1) is 17.2. The lowest BCUT2D eigenvalue weighted by Crippen LogP contribution is -2.44. The highest BCUT2D eigenvalue weighted by atomic mass is 19.4. The smallest absolute Gasteiger partial charge is 0.429 e. The quantitative estimate of drug-likeness (QED) is 0.274. The molecule has 0 saturated heterocycles. The van der Waals surface area contributed by atoms with Crippen LogP contribution < -0.4 is 10.5 Å². The van der Waals surface area contributed by atoms with E-state index < -0.39 is 29.1 Å². The summed E-state index contributed by atoms with van der Waals surface area (Å²) in [5.74, 6) is -1.07. The van der Waals surface area contributed by atoms with Crippen LogP contribution in [0.1, 0.15) is 21.7 Å². The minimum absolute atomic E-state index is 0.0229. The molecule has 0 radical (unpaired) electrons. The normalized spacial score (nSPS) is 13.4. The number of benzene rings is 3. The predicted octanol–water partition coefficient (Wildman–Crippen LogP) is 4.64. The van der Waals surface area contributed by atoms with Gasteiger partial charge in [-0.1, -0.05) is 42.5 Å². The van der Waals surface area contributed by atoms with Crippen molar-refractivity contribution >= 4 is 16.8 Å². The maximum Gasteiger partial charge on any atom is 0.429 e. The molecule has 0 aliphatic heterocycles. The van der Waals surface area contributed by atoms with Crippen LogP contribution in [-0.4, -0.2) is 37.4 Å². The van der Waals surface area contributed by atoms with Crippen LogP contribution in [0.2, 0.25) is 0 Å². The van der Waals surface area contributed by atoms with Crippen molar-refractivity contribution in [2.45, 2.75) is 11.8 Å². The molecule has 36 heavy (non-hydrogen) atoms. The largest absolute Gasteiger partial charge is 0.456 e. The molecular weight excluding hydrogens is 475 g/mol. The van der Waals surface area contributed by atoms with Gasteiger partial charge in [0.1, 0.15) is 11.5 Å². The Hall–Kier alpha value is -4.64. The first-order valence-corrected chi connectivity index (χ1v) is 10.6. The van der Waals surface area contributed by atoms with E-state index in [2.05, 4.69) is 20.2 Å². The van der Waals surface area contributed by atoms with Crippen molar-refractivity contribution in [3.63, 3.8) is 0 Å². The van der Waals surface area contributed by atoms with Crippen LogP contribution in [-0.2, 0) is 5.60 Å². The summed E-state index contributed by atoms with van der Waals surface area (Å²) >= 11 is 0. The molecule has 0 spiro atoms. The lowest BCUT2D eigenvalue weighted by Gasteiger charge is -2.28. The number of ether oxygens (including phenoxy) is 1. The van der Waals surface area contributed by atoms with E-state index in [4.69, 9.17) is 10.5 Å². The van der Waals surface area contributed by atoms with Gasteiger partial charge < -0.3 is 20.6 Å². The van der Waals surface area contributed by atoms with Gasteiger partial charge in [-0.3, -0.25) is 9.89 Å². The highest BCUT2D eigenvalue weighted by molar-refractivity contribution is 6.08. The van der Waals surface area contributed by atoms with Gasteiger partial charge in [-0.25, -0.2) is 4.98 Å². The number of halogens is 3. The van der Waals surface area contributed by atoms with E-state index in [-0.39, 0.29) is 22.9 Å². The van der Waals surface area contributed by atoms with Gasteiger partial charge >= 0.3 is 6.18 Å². The summed E-state index contributed by atoms with van der Waals surface area (Å²) in [6.07, 6.45) is -3.42. The van der Waals surface area contributed by atoms with Gasteiger partial charge in [0.25, 0.3) is 5.91 Å². The number of aromatic amines is 2. The Balaban J connectivity index is 1.50. The number of aromatic nitrogens is 4. The number of nitrogens with two attached hydrogens (primary N) is 1. The molecule has 0 bridgehead atoms. The molecule has 5 N–H and O–H groups in total. The molecule has 3 aromatic carbocycles. The first-order valence-electron chi connectivity index (χ1n) is 10.6. The molecule has 8 nitrogen and oxygen atoms in total. The second-order valence-corrected chi connectivity index (χ2v) is 7.95. The number of amides is 1. The lowest BCUT2D eigenvalue weighted by molar-refractivity contribution is -0.251. The molecule has 0 aliphatic carbocycles. The second-order valence-electron chi connectivity index (χ2n) is 7.95. The third-order valence-corrected chi connectivity index (χ3v) is 5.69. The van der Waals surface area contributed by atoms with E-state index in [0.29, 0.717) is 16.5 Å². The van der Waals surface area contributed by atoms with Crippen molar-refractivity contribution in [1.82, 2.24) is 20.2 Å². The zero-order valence-electron chi connectivity index (χ0n) is 18.4. The molecule has 5 rings (SSSR count). The summed E-state index contributed by atoms with van der Waals surface area (Å²) in [6.45, 7) is 0.